The van der Waals surface area contributed by atoms with Gasteiger partial charge in [-0.25, -0.2) is 14.4 Å². The standard InChI is InChI=1S/C29H30O8/c1-5-19(36-25(30)7-3)16-34-27-21-11-9-10-12-22(21)28(35-17-20(6-2)37-26(31)8-4)24-15-18(29(32)33)13-14-23(24)27/h7-15,19-20H,3-6,16-17H2,1-2H3,(H,32,33). The molecule has 0 aromatic heterocycles. The third kappa shape index (κ3) is 6.46. The summed E-state index contributed by atoms with van der Waals surface area (Å²) in [5, 5.41) is 12.2. The predicted octanol–water partition coefficient (Wildman–Crippen LogP) is 5.46. The lowest BCUT2D eigenvalue weighted by molar-refractivity contribution is -0.145. The molecule has 3 rings (SSSR count). The first-order valence-electron chi connectivity index (χ1n) is 12.0. The molecule has 0 aliphatic rings. The number of hydrogen-bond donors (Lipinski definition) is 1. The number of ether oxygens (including phenoxy) is 4. The summed E-state index contributed by atoms with van der Waals surface area (Å²) in [4.78, 5) is 35.2. The van der Waals surface area contributed by atoms with Crippen LogP contribution in [-0.2, 0) is 19.1 Å². The van der Waals surface area contributed by atoms with Crippen molar-refractivity contribution in [3.63, 3.8) is 0 Å². The number of hydrogen-bond acceptors (Lipinski definition) is 7. The largest absolute Gasteiger partial charge is 0.488 e. The Balaban J connectivity index is 2.11. The third-order valence-corrected chi connectivity index (χ3v) is 5.81. The summed E-state index contributed by atoms with van der Waals surface area (Å²) in [5.74, 6) is -1.23. The summed E-state index contributed by atoms with van der Waals surface area (Å²) in [6.45, 7) is 10.7. The molecule has 0 amide bonds. The number of carbonyl (C=O) groups excluding carboxylic acids is 2. The molecule has 8 nitrogen and oxygen atoms in total. The maximum atomic E-state index is 11.8. The number of esters is 2. The Labute approximate surface area is 215 Å². The van der Waals surface area contributed by atoms with Crippen LogP contribution in [0.1, 0.15) is 37.0 Å². The number of carboxylic acids is 1. The molecule has 0 saturated carbocycles. The van der Waals surface area contributed by atoms with Crippen LogP contribution in [0.3, 0.4) is 0 Å². The van der Waals surface area contributed by atoms with Gasteiger partial charge < -0.3 is 24.1 Å². The van der Waals surface area contributed by atoms with Gasteiger partial charge in [0, 0.05) is 33.7 Å². The van der Waals surface area contributed by atoms with Gasteiger partial charge in [-0.1, -0.05) is 51.3 Å². The monoisotopic (exact) mass is 506 g/mol. The topological polar surface area (TPSA) is 108 Å². The van der Waals surface area contributed by atoms with Gasteiger partial charge in [0.25, 0.3) is 0 Å². The number of rotatable bonds is 13. The highest BCUT2D eigenvalue weighted by Crippen LogP contribution is 2.43. The zero-order valence-corrected chi connectivity index (χ0v) is 20.9. The van der Waals surface area contributed by atoms with Gasteiger partial charge in [-0.3, -0.25) is 0 Å². The maximum Gasteiger partial charge on any atom is 0.335 e. The SMILES string of the molecule is C=CC(=O)OC(CC)COc1c2ccccc2c(OCC(CC)OC(=O)C=C)c2cc(C(=O)O)ccc12. The zero-order valence-electron chi connectivity index (χ0n) is 20.9. The highest BCUT2D eigenvalue weighted by Gasteiger charge is 2.21. The van der Waals surface area contributed by atoms with Gasteiger partial charge in [0.2, 0.25) is 0 Å². The highest BCUT2D eigenvalue weighted by atomic mass is 16.6. The number of benzene rings is 3. The number of carboxylic acid groups (broad SMARTS) is 1. The van der Waals surface area contributed by atoms with Crippen LogP contribution in [0, 0.1) is 0 Å². The van der Waals surface area contributed by atoms with Gasteiger partial charge in [0.05, 0.1) is 5.56 Å². The van der Waals surface area contributed by atoms with Gasteiger partial charge in [-0.05, 0) is 31.0 Å². The minimum atomic E-state index is -1.09. The molecule has 3 aromatic rings. The van der Waals surface area contributed by atoms with Gasteiger partial charge in [0.1, 0.15) is 36.9 Å². The molecule has 194 valence electrons. The van der Waals surface area contributed by atoms with E-state index in [0.29, 0.717) is 40.5 Å². The lowest BCUT2D eigenvalue weighted by atomic mass is 9.98. The quantitative estimate of drug-likeness (QED) is 0.185. The summed E-state index contributed by atoms with van der Waals surface area (Å²) >= 11 is 0. The average molecular weight is 507 g/mol. The van der Waals surface area contributed by atoms with Crippen molar-refractivity contribution in [2.45, 2.75) is 38.9 Å². The van der Waals surface area contributed by atoms with E-state index in [1.807, 2.05) is 38.1 Å². The second-order valence-electron chi connectivity index (χ2n) is 8.23. The van der Waals surface area contributed by atoms with Crippen molar-refractivity contribution in [2.24, 2.45) is 0 Å². The fourth-order valence-electron chi connectivity index (χ4n) is 3.79. The number of aromatic carboxylic acids is 1. The van der Waals surface area contributed by atoms with Crippen molar-refractivity contribution in [1.29, 1.82) is 0 Å². The van der Waals surface area contributed by atoms with E-state index in [4.69, 9.17) is 18.9 Å². The van der Waals surface area contributed by atoms with Crippen molar-refractivity contribution in [3.8, 4) is 11.5 Å². The Hall–Kier alpha value is -4.33. The smallest absolute Gasteiger partial charge is 0.335 e. The van der Waals surface area contributed by atoms with Crippen molar-refractivity contribution in [1.82, 2.24) is 0 Å². The van der Waals surface area contributed by atoms with E-state index in [1.54, 1.807) is 6.07 Å². The normalized spacial score (nSPS) is 12.4. The Bertz CT molecular complexity index is 1330. The molecule has 0 aliphatic heterocycles. The Morgan fingerprint density at radius 1 is 0.784 bits per heavy atom. The van der Waals surface area contributed by atoms with Crippen molar-refractivity contribution < 1.29 is 38.4 Å². The fraction of sp³-hybridized carbons (Fsp3) is 0.276. The molecule has 8 heteroatoms. The molecule has 3 aromatic carbocycles. The van der Waals surface area contributed by atoms with Crippen LogP contribution in [0.2, 0.25) is 0 Å². The molecule has 0 radical (unpaired) electrons. The first kappa shape index (κ1) is 27.3. The molecule has 1 N–H and O–H groups in total. The lowest BCUT2D eigenvalue weighted by Crippen LogP contribution is -2.24. The van der Waals surface area contributed by atoms with Crippen molar-refractivity contribution >= 4 is 39.5 Å². The summed E-state index contributed by atoms with van der Waals surface area (Å²) in [6.07, 6.45) is 2.21. The molecule has 0 fully saturated rings. The Kier molecular flexibility index (Phi) is 9.27. The maximum absolute atomic E-state index is 11.8. The van der Waals surface area contributed by atoms with E-state index >= 15 is 0 Å². The number of carbonyl (C=O) groups is 3. The van der Waals surface area contributed by atoms with Crippen molar-refractivity contribution in [3.05, 3.63) is 73.3 Å². The van der Waals surface area contributed by atoms with E-state index in [-0.39, 0.29) is 18.8 Å². The lowest BCUT2D eigenvalue weighted by Gasteiger charge is -2.22. The first-order chi connectivity index (χ1) is 17.8. The molecule has 0 aliphatic carbocycles. The molecule has 2 atom stereocenters. The predicted molar refractivity (Wildman–Crippen MR) is 140 cm³/mol. The zero-order chi connectivity index (χ0) is 26.9. The van der Waals surface area contributed by atoms with Crippen LogP contribution in [0.4, 0.5) is 0 Å². The average Bonchev–Trinajstić information content (AvgIpc) is 2.92. The van der Waals surface area contributed by atoms with Gasteiger partial charge in [0.15, 0.2) is 0 Å². The van der Waals surface area contributed by atoms with Crippen LogP contribution < -0.4 is 9.47 Å². The molecule has 0 spiro atoms. The summed E-state index contributed by atoms with van der Waals surface area (Å²) in [5.41, 5.74) is 0.0788. The Morgan fingerprint density at radius 3 is 1.68 bits per heavy atom. The molecule has 0 bridgehead atoms. The van der Waals surface area contributed by atoms with Crippen LogP contribution in [0.15, 0.2) is 67.8 Å². The fourth-order valence-corrected chi connectivity index (χ4v) is 3.79. The van der Waals surface area contributed by atoms with E-state index in [1.165, 1.54) is 12.1 Å². The highest BCUT2D eigenvalue weighted by molar-refractivity contribution is 6.12. The van der Waals surface area contributed by atoms with Crippen LogP contribution >= 0.6 is 0 Å². The molecular weight excluding hydrogens is 476 g/mol. The minimum Gasteiger partial charge on any atom is -0.488 e. The number of fused-ring (bicyclic) bond motifs is 2. The van der Waals surface area contributed by atoms with E-state index in [9.17, 15) is 19.5 Å². The van der Waals surface area contributed by atoms with Crippen LogP contribution in [0.25, 0.3) is 21.5 Å². The first-order valence-corrected chi connectivity index (χ1v) is 12.0. The Morgan fingerprint density at radius 2 is 1.24 bits per heavy atom. The summed E-state index contributed by atoms with van der Waals surface area (Å²) < 4.78 is 23.1. The van der Waals surface area contributed by atoms with E-state index in [0.717, 1.165) is 17.5 Å². The molecule has 0 heterocycles. The third-order valence-electron chi connectivity index (χ3n) is 5.81. The van der Waals surface area contributed by atoms with Crippen LogP contribution in [-0.4, -0.2) is 48.4 Å². The second kappa shape index (κ2) is 12.6. The van der Waals surface area contributed by atoms with E-state index in [2.05, 4.69) is 13.2 Å². The van der Waals surface area contributed by atoms with Gasteiger partial charge >= 0.3 is 17.9 Å². The van der Waals surface area contributed by atoms with Crippen molar-refractivity contribution in [2.75, 3.05) is 13.2 Å². The van der Waals surface area contributed by atoms with Gasteiger partial charge in [-0.15, -0.1) is 0 Å². The van der Waals surface area contributed by atoms with Gasteiger partial charge in [-0.2, -0.15) is 0 Å². The minimum absolute atomic E-state index is 0.0576. The molecular formula is C29H30O8. The molecule has 0 saturated heterocycles. The summed E-state index contributed by atoms with van der Waals surface area (Å²) in [7, 11) is 0. The van der Waals surface area contributed by atoms with E-state index < -0.39 is 30.1 Å². The molecule has 37 heavy (non-hydrogen) atoms. The second-order valence-corrected chi connectivity index (χ2v) is 8.23. The van der Waals surface area contributed by atoms with Crippen LogP contribution in [0.5, 0.6) is 11.5 Å². The molecule has 2 unspecified atom stereocenters. The summed E-state index contributed by atoms with van der Waals surface area (Å²) in [6, 6.07) is 12.1.